The molecule has 0 aliphatic rings. The molecule has 0 saturated heterocycles. The van der Waals surface area contributed by atoms with Crippen molar-refractivity contribution in [3.63, 3.8) is 0 Å². The molecule has 1 rings (SSSR count). The van der Waals surface area contributed by atoms with Gasteiger partial charge in [-0.25, -0.2) is 4.39 Å². The van der Waals surface area contributed by atoms with E-state index in [1.807, 2.05) is 13.8 Å². The van der Waals surface area contributed by atoms with Gasteiger partial charge in [-0.15, -0.1) is 0 Å². The van der Waals surface area contributed by atoms with Gasteiger partial charge >= 0.3 is 0 Å². The lowest BCUT2D eigenvalue weighted by Crippen LogP contribution is -2.34. The van der Waals surface area contributed by atoms with Crippen LogP contribution in [0.25, 0.3) is 0 Å². The fourth-order valence-corrected chi connectivity index (χ4v) is 2.16. The second-order valence-electron chi connectivity index (χ2n) is 4.49. The Bertz CT molecular complexity index is 454. The van der Waals surface area contributed by atoms with E-state index >= 15 is 0 Å². The first-order valence-electron chi connectivity index (χ1n) is 6.11. The van der Waals surface area contributed by atoms with Gasteiger partial charge < -0.3 is 10.9 Å². The highest BCUT2D eigenvalue weighted by molar-refractivity contribution is 9.10. The summed E-state index contributed by atoms with van der Waals surface area (Å²) in [7, 11) is 0. The Morgan fingerprint density at radius 1 is 1.58 bits per heavy atom. The molecular weight excluding hydrogens is 313 g/mol. The quantitative estimate of drug-likeness (QED) is 0.364. The monoisotopic (exact) mass is 331 g/mol. The Morgan fingerprint density at radius 2 is 2.26 bits per heavy atom. The van der Waals surface area contributed by atoms with Crippen LogP contribution in [0.15, 0.2) is 27.8 Å². The summed E-state index contributed by atoms with van der Waals surface area (Å²) in [6.07, 6.45) is 0. The number of hydrogen-bond donors (Lipinski definition) is 2. The molecule has 6 heteroatoms. The summed E-state index contributed by atoms with van der Waals surface area (Å²) in [6.45, 7) is 5.96. The number of hydrogen-bond acceptors (Lipinski definition) is 3. The number of amidine groups is 1. The Balaban J connectivity index is 2.74. The van der Waals surface area contributed by atoms with Gasteiger partial charge in [-0.1, -0.05) is 34.9 Å². The van der Waals surface area contributed by atoms with Crippen molar-refractivity contribution in [2.45, 2.75) is 20.4 Å². The van der Waals surface area contributed by atoms with Crippen LogP contribution >= 0.6 is 15.9 Å². The fourth-order valence-electron chi connectivity index (χ4n) is 1.79. The number of nitrogens with zero attached hydrogens (tertiary/aromatic N) is 2. The van der Waals surface area contributed by atoms with E-state index in [1.165, 1.54) is 12.1 Å². The molecule has 0 aliphatic carbocycles. The summed E-state index contributed by atoms with van der Waals surface area (Å²) in [4.78, 5) is 2.11. The van der Waals surface area contributed by atoms with Gasteiger partial charge in [0.15, 0.2) is 0 Å². The smallest absolute Gasteiger partial charge is 0.143 e. The van der Waals surface area contributed by atoms with Crippen LogP contribution in [0.1, 0.15) is 19.4 Å². The van der Waals surface area contributed by atoms with E-state index in [-0.39, 0.29) is 17.6 Å². The van der Waals surface area contributed by atoms with Crippen LogP contribution in [-0.4, -0.2) is 29.0 Å². The van der Waals surface area contributed by atoms with Gasteiger partial charge in [-0.05, 0) is 30.3 Å². The molecule has 0 spiro atoms. The average molecular weight is 332 g/mol. The Morgan fingerprint density at radius 3 is 2.84 bits per heavy atom. The zero-order valence-corrected chi connectivity index (χ0v) is 12.7. The van der Waals surface area contributed by atoms with Crippen molar-refractivity contribution in [1.29, 1.82) is 0 Å². The highest BCUT2D eigenvalue weighted by Gasteiger charge is 2.14. The highest BCUT2D eigenvalue weighted by Crippen LogP contribution is 2.20. The van der Waals surface area contributed by atoms with E-state index in [0.29, 0.717) is 13.1 Å². The Labute approximate surface area is 121 Å². The third kappa shape index (κ3) is 4.80. The maximum atomic E-state index is 13.2. The van der Waals surface area contributed by atoms with E-state index in [4.69, 9.17) is 10.9 Å². The van der Waals surface area contributed by atoms with Crippen LogP contribution in [0.2, 0.25) is 0 Å². The van der Waals surface area contributed by atoms with Gasteiger partial charge in [-0.2, -0.15) is 0 Å². The maximum absolute atomic E-state index is 13.2. The molecular formula is C13H19BrFN3O. The van der Waals surface area contributed by atoms with E-state index in [2.05, 4.69) is 26.0 Å². The molecule has 3 N–H and O–H groups in total. The van der Waals surface area contributed by atoms with Crippen LogP contribution in [0.5, 0.6) is 0 Å². The number of rotatable bonds is 6. The molecule has 0 amide bonds. The lowest BCUT2D eigenvalue weighted by molar-refractivity contribution is 0.257. The van der Waals surface area contributed by atoms with E-state index in [0.717, 1.165) is 16.6 Å². The molecule has 4 nitrogen and oxygen atoms in total. The largest absolute Gasteiger partial charge is 0.409 e. The molecule has 0 radical (unpaired) electrons. The zero-order valence-electron chi connectivity index (χ0n) is 11.1. The molecule has 0 aromatic heterocycles. The second kappa shape index (κ2) is 7.45. The van der Waals surface area contributed by atoms with Crippen molar-refractivity contribution in [2.24, 2.45) is 16.8 Å². The second-order valence-corrected chi connectivity index (χ2v) is 5.34. The first kappa shape index (κ1) is 15.9. The van der Waals surface area contributed by atoms with Crippen LogP contribution in [0.3, 0.4) is 0 Å². The van der Waals surface area contributed by atoms with Gasteiger partial charge in [0, 0.05) is 23.5 Å². The molecule has 106 valence electrons. The lowest BCUT2D eigenvalue weighted by atomic mass is 10.1. The van der Waals surface area contributed by atoms with Gasteiger partial charge in [0.05, 0.1) is 0 Å². The summed E-state index contributed by atoms with van der Waals surface area (Å²) in [5.74, 6) is -0.104. The predicted molar refractivity (Wildman–Crippen MR) is 77.6 cm³/mol. The van der Waals surface area contributed by atoms with Crippen LogP contribution in [0.4, 0.5) is 4.39 Å². The van der Waals surface area contributed by atoms with Crippen molar-refractivity contribution in [3.8, 4) is 0 Å². The molecule has 0 saturated carbocycles. The minimum absolute atomic E-state index is 0.0581. The van der Waals surface area contributed by atoms with Crippen molar-refractivity contribution in [3.05, 3.63) is 34.1 Å². The van der Waals surface area contributed by atoms with Gasteiger partial charge in [0.1, 0.15) is 11.7 Å². The molecule has 1 aromatic carbocycles. The lowest BCUT2D eigenvalue weighted by Gasteiger charge is -2.24. The molecule has 19 heavy (non-hydrogen) atoms. The predicted octanol–water partition coefficient (Wildman–Crippen LogP) is 2.79. The third-order valence-corrected chi connectivity index (χ3v) is 3.77. The number of nitrogens with two attached hydrogens (primary N) is 1. The van der Waals surface area contributed by atoms with Crippen molar-refractivity contribution in [2.75, 3.05) is 13.1 Å². The fraction of sp³-hybridized carbons (Fsp3) is 0.462. The summed E-state index contributed by atoms with van der Waals surface area (Å²) >= 11 is 3.42. The van der Waals surface area contributed by atoms with Crippen molar-refractivity contribution in [1.82, 2.24) is 4.90 Å². The van der Waals surface area contributed by atoms with Gasteiger partial charge in [-0.3, -0.25) is 4.90 Å². The number of oxime groups is 1. The molecule has 0 fully saturated rings. The molecule has 1 aromatic rings. The van der Waals surface area contributed by atoms with Crippen LogP contribution in [-0.2, 0) is 6.54 Å². The Kier molecular flexibility index (Phi) is 6.24. The van der Waals surface area contributed by atoms with Gasteiger partial charge in [0.25, 0.3) is 0 Å². The zero-order chi connectivity index (χ0) is 14.4. The van der Waals surface area contributed by atoms with E-state index in [9.17, 15) is 4.39 Å². The summed E-state index contributed by atoms with van der Waals surface area (Å²) in [5, 5.41) is 11.7. The van der Waals surface area contributed by atoms with Crippen LogP contribution < -0.4 is 5.73 Å². The molecule has 0 bridgehead atoms. The standard InChI is InChI=1S/C13H19BrFN3O/c1-3-18(7-9(2)13(16)17-19)8-10-6-11(15)4-5-12(10)14/h4-6,9,19H,3,7-8H2,1-2H3,(H2,16,17). The summed E-state index contributed by atoms with van der Waals surface area (Å²) in [5.41, 5.74) is 6.45. The van der Waals surface area contributed by atoms with Gasteiger partial charge in [0.2, 0.25) is 0 Å². The third-order valence-electron chi connectivity index (χ3n) is 3.00. The normalized spacial score (nSPS) is 13.8. The van der Waals surface area contributed by atoms with Crippen LogP contribution in [0, 0.1) is 11.7 Å². The first-order chi connectivity index (χ1) is 8.97. The molecule has 1 unspecified atom stereocenters. The molecule has 0 heterocycles. The maximum Gasteiger partial charge on any atom is 0.143 e. The van der Waals surface area contributed by atoms with E-state index in [1.54, 1.807) is 6.07 Å². The van der Waals surface area contributed by atoms with Crippen molar-refractivity contribution < 1.29 is 9.60 Å². The molecule has 0 aliphatic heterocycles. The number of halogens is 2. The van der Waals surface area contributed by atoms with E-state index < -0.39 is 0 Å². The summed E-state index contributed by atoms with van der Waals surface area (Å²) < 4.78 is 14.1. The topological polar surface area (TPSA) is 61.8 Å². The first-order valence-corrected chi connectivity index (χ1v) is 6.90. The molecule has 1 atom stereocenters. The highest BCUT2D eigenvalue weighted by atomic mass is 79.9. The SMILES string of the molecule is CCN(Cc1cc(F)ccc1Br)CC(C)C(N)=NO. The minimum atomic E-state index is -0.251. The Hall–Kier alpha value is -1.14. The minimum Gasteiger partial charge on any atom is -0.409 e. The van der Waals surface area contributed by atoms with Crippen molar-refractivity contribution >= 4 is 21.8 Å². The number of benzene rings is 1. The average Bonchev–Trinajstić information content (AvgIpc) is 2.40. The summed E-state index contributed by atoms with van der Waals surface area (Å²) in [6, 6.07) is 4.63.